The maximum absolute atomic E-state index is 11.9. The maximum Gasteiger partial charge on any atom is 0.342 e. The molecular formula is C13H12N2O3. The minimum absolute atomic E-state index is 0.110. The van der Waals surface area contributed by atoms with Gasteiger partial charge in [0.1, 0.15) is 11.3 Å². The largest absolute Gasteiger partial charge is 0.711 e. The van der Waals surface area contributed by atoms with Crippen molar-refractivity contribution in [1.29, 1.82) is 0 Å². The number of carbonyl (C=O) groups excluding carboxylic acids is 1. The summed E-state index contributed by atoms with van der Waals surface area (Å²) >= 11 is 0. The molecular weight excluding hydrogens is 232 g/mol. The molecule has 0 aliphatic rings. The Morgan fingerprint density at radius 2 is 2.11 bits per heavy atom. The van der Waals surface area contributed by atoms with Crippen molar-refractivity contribution >= 4 is 11.7 Å². The maximum atomic E-state index is 11.9. The smallest absolute Gasteiger partial charge is 0.342 e. The van der Waals surface area contributed by atoms with Crippen LogP contribution in [0.5, 0.6) is 5.75 Å². The molecule has 1 aromatic heterocycles. The molecule has 0 bridgehead atoms. The second kappa shape index (κ2) is 4.75. The molecule has 0 fully saturated rings. The monoisotopic (exact) mass is 244 g/mol. The molecule has 1 heterocycles. The fourth-order valence-electron chi connectivity index (χ4n) is 1.54. The molecule has 0 aliphatic heterocycles. The Kier molecular flexibility index (Phi) is 3.14. The third kappa shape index (κ3) is 2.40. The van der Waals surface area contributed by atoms with Gasteiger partial charge in [0.2, 0.25) is 0 Å². The quantitative estimate of drug-likeness (QED) is 0.622. The van der Waals surface area contributed by atoms with Crippen LogP contribution in [-0.4, -0.2) is 11.0 Å². The lowest BCUT2D eigenvalue weighted by molar-refractivity contribution is -0.590. The fraction of sp³-hybridized carbons (Fsp3) is 0.0769. The molecule has 5 nitrogen and oxygen atoms in total. The number of nitrogens with one attached hydrogen (secondary N) is 1. The zero-order chi connectivity index (χ0) is 13.1. The Bertz CT molecular complexity index is 597. The Balaban J connectivity index is 2.25. The molecule has 5 heteroatoms. The highest BCUT2D eigenvalue weighted by atomic mass is 16.5. The Labute approximate surface area is 104 Å². The van der Waals surface area contributed by atoms with E-state index in [2.05, 4.69) is 5.32 Å². The molecule has 2 aromatic rings. The van der Waals surface area contributed by atoms with E-state index in [9.17, 15) is 15.1 Å². The Morgan fingerprint density at radius 1 is 1.33 bits per heavy atom. The van der Waals surface area contributed by atoms with Gasteiger partial charge in [0.05, 0.1) is 6.20 Å². The minimum Gasteiger partial charge on any atom is -0.711 e. The number of benzene rings is 1. The number of aromatic nitrogens is 1. The van der Waals surface area contributed by atoms with E-state index in [0.717, 1.165) is 5.56 Å². The first-order valence-electron chi connectivity index (χ1n) is 5.37. The topological polar surface area (TPSA) is 76.3 Å². The van der Waals surface area contributed by atoms with Crippen molar-refractivity contribution in [3.63, 3.8) is 0 Å². The fourth-order valence-corrected chi connectivity index (χ4v) is 1.54. The van der Waals surface area contributed by atoms with E-state index in [4.69, 9.17) is 0 Å². The number of rotatable bonds is 2. The summed E-state index contributed by atoms with van der Waals surface area (Å²) in [5, 5.41) is 23.5. The lowest BCUT2D eigenvalue weighted by Gasteiger charge is -2.07. The van der Waals surface area contributed by atoms with Gasteiger partial charge in [-0.05, 0) is 30.7 Å². The Hall–Kier alpha value is -2.56. The second-order valence-corrected chi connectivity index (χ2v) is 3.89. The summed E-state index contributed by atoms with van der Waals surface area (Å²) in [6.45, 7) is 1.81. The van der Waals surface area contributed by atoms with Gasteiger partial charge in [-0.2, -0.15) is 0 Å². The standard InChI is InChI=1S/C13H12N2O3/c1-9-5-6-10(11(16)8-9)13(17)14-12-4-2-3-7-15(12)18/h2-8,16H,1H3,(H,14,17). The van der Waals surface area contributed by atoms with Crippen molar-refractivity contribution in [3.8, 4) is 5.75 Å². The zero-order valence-corrected chi connectivity index (χ0v) is 9.75. The van der Waals surface area contributed by atoms with E-state index in [1.807, 2.05) is 6.92 Å². The summed E-state index contributed by atoms with van der Waals surface area (Å²) in [5.41, 5.74) is 0.979. The van der Waals surface area contributed by atoms with Crippen molar-refractivity contribution in [2.24, 2.45) is 0 Å². The molecule has 92 valence electrons. The first kappa shape index (κ1) is 11.9. The summed E-state index contributed by atoms with van der Waals surface area (Å²) in [6, 6.07) is 9.40. The van der Waals surface area contributed by atoms with Crippen LogP contribution in [0, 0.1) is 12.1 Å². The molecule has 2 N–H and O–H groups in total. The van der Waals surface area contributed by atoms with Gasteiger partial charge in [-0.15, -0.1) is 0 Å². The van der Waals surface area contributed by atoms with Crippen molar-refractivity contribution < 1.29 is 14.6 Å². The number of aromatic hydroxyl groups is 1. The molecule has 0 saturated carbocycles. The van der Waals surface area contributed by atoms with E-state index in [-0.39, 0.29) is 17.1 Å². The number of pyridine rings is 1. The van der Waals surface area contributed by atoms with Crippen LogP contribution >= 0.6 is 0 Å². The van der Waals surface area contributed by atoms with Gasteiger partial charge >= 0.3 is 5.91 Å². The van der Waals surface area contributed by atoms with Crippen molar-refractivity contribution in [2.45, 2.75) is 6.92 Å². The van der Waals surface area contributed by atoms with Crippen LogP contribution in [0.3, 0.4) is 0 Å². The summed E-state index contributed by atoms with van der Waals surface area (Å²) in [6.07, 6.45) is 1.28. The number of nitrogens with zero attached hydrogens (tertiary/aromatic N) is 1. The van der Waals surface area contributed by atoms with E-state index < -0.39 is 5.91 Å². The highest BCUT2D eigenvalue weighted by molar-refractivity contribution is 6.05. The molecule has 0 unspecified atom stereocenters. The number of phenols is 1. The predicted octanol–water partition coefficient (Wildman–Crippen LogP) is 1.59. The number of aryl methyl sites for hydroxylation is 1. The van der Waals surface area contributed by atoms with Gasteiger partial charge in [-0.25, -0.2) is 14.8 Å². The van der Waals surface area contributed by atoms with Crippen LogP contribution in [0.15, 0.2) is 42.6 Å². The summed E-state index contributed by atoms with van der Waals surface area (Å²) in [7, 11) is 0. The molecule has 0 radical (unpaired) electrons. The van der Waals surface area contributed by atoms with Gasteiger partial charge in [-0.3, -0.25) is 0 Å². The van der Waals surface area contributed by atoms with E-state index >= 15 is 0 Å². The average Bonchev–Trinajstić information content (AvgIpc) is 2.32. The lowest BCUT2D eigenvalue weighted by atomic mass is 10.1. The van der Waals surface area contributed by atoms with Crippen LogP contribution in [0.2, 0.25) is 0 Å². The predicted molar refractivity (Wildman–Crippen MR) is 66.2 cm³/mol. The lowest BCUT2D eigenvalue weighted by Crippen LogP contribution is -2.32. The van der Waals surface area contributed by atoms with Gasteiger partial charge in [-0.1, -0.05) is 12.1 Å². The number of amides is 1. The third-order valence-corrected chi connectivity index (χ3v) is 2.46. The first-order chi connectivity index (χ1) is 8.58. The minimum atomic E-state index is -0.525. The number of phenolic OH excluding ortho intramolecular Hbond substituents is 1. The summed E-state index contributed by atoms with van der Waals surface area (Å²) in [4.78, 5) is 11.9. The molecule has 2 rings (SSSR count). The second-order valence-electron chi connectivity index (χ2n) is 3.89. The van der Waals surface area contributed by atoms with E-state index in [0.29, 0.717) is 4.73 Å². The molecule has 1 amide bonds. The Morgan fingerprint density at radius 3 is 2.78 bits per heavy atom. The number of hydrogen-bond acceptors (Lipinski definition) is 3. The third-order valence-electron chi connectivity index (χ3n) is 2.46. The zero-order valence-electron chi connectivity index (χ0n) is 9.75. The summed E-state index contributed by atoms with van der Waals surface area (Å²) in [5.74, 6) is -0.522. The van der Waals surface area contributed by atoms with Gasteiger partial charge in [0.25, 0.3) is 5.82 Å². The molecule has 0 spiro atoms. The highest BCUT2D eigenvalue weighted by Gasteiger charge is 2.17. The first-order valence-corrected chi connectivity index (χ1v) is 5.37. The van der Waals surface area contributed by atoms with E-state index in [1.54, 1.807) is 18.2 Å². The summed E-state index contributed by atoms with van der Waals surface area (Å²) < 4.78 is 0.545. The van der Waals surface area contributed by atoms with Crippen LogP contribution in [0.1, 0.15) is 15.9 Å². The molecule has 0 saturated heterocycles. The van der Waals surface area contributed by atoms with Crippen LogP contribution in [0.25, 0.3) is 0 Å². The van der Waals surface area contributed by atoms with Crippen LogP contribution in [0.4, 0.5) is 5.82 Å². The number of anilines is 1. The van der Waals surface area contributed by atoms with Crippen molar-refractivity contribution in [1.82, 2.24) is 0 Å². The molecule has 18 heavy (non-hydrogen) atoms. The van der Waals surface area contributed by atoms with E-state index in [1.165, 1.54) is 24.4 Å². The molecule has 0 aliphatic carbocycles. The highest BCUT2D eigenvalue weighted by Crippen LogP contribution is 2.19. The number of carbonyl (C=O) groups is 1. The average molecular weight is 244 g/mol. The van der Waals surface area contributed by atoms with Gasteiger partial charge in [0.15, 0.2) is 0 Å². The molecule has 0 atom stereocenters. The van der Waals surface area contributed by atoms with Crippen LogP contribution < -0.4 is 10.0 Å². The molecule has 1 aromatic carbocycles. The SMILES string of the molecule is Cc1ccc(C(=O)Nc2cccc[n+]2[O-])c(O)c1. The van der Waals surface area contributed by atoms with Gasteiger partial charge < -0.3 is 10.3 Å². The van der Waals surface area contributed by atoms with Crippen LogP contribution in [-0.2, 0) is 0 Å². The van der Waals surface area contributed by atoms with Gasteiger partial charge in [0, 0.05) is 6.07 Å². The number of hydrogen-bond donors (Lipinski definition) is 2. The normalized spacial score (nSPS) is 10.1. The van der Waals surface area contributed by atoms with Crippen molar-refractivity contribution in [3.05, 3.63) is 58.9 Å². The van der Waals surface area contributed by atoms with Crippen molar-refractivity contribution in [2.75, 3.05) is 5.32 Å².